The Balaban J connectivity index is 4.10. The van der Waals surface area contributed by atoms with Crippen LogP contribution in [0.5, 0.6) is 0 Å². The minimum absolute atomic E-state index is 0.235. The van der Waals surface area contributed by atoms with E-state index in [-0.39, 0.29) is 5.41 Å². The van der Waals surface area contributed by atoms with Crippen LogP contribution in [0.3, 0.4) is 0 Å². The second-order valence-corrected chi connectivity index (χ2v) is 6.30. The molecule has 0 aliphatic carbocycles. The fraction of sp³-hybridized carbons (Fsp3) is 1.00. The summed E-state index contributed by atoms with van der Waals surface area (Å²) in [6.07, 6.45) is 3.57. The van der Waals surface area contributed by atoms with Gasteiger partial charge in [-0.15, -0.1) is 0 Å². The summed E-state index contributed by atoms with van der Waals surface area (Å²) in [6.45, 7) is 13.8. The maximum Gasteiger partial charge on any atom is 0.0464 e. The number of hydrogen-bond acceptors (Lipinski definition) is 1. The lowest BCUT2D eigenvalue weighted by Crippen LogP contribution is -2.25. The normalized spacial score (nSPS) is 15.6. The summed E-state index contributed by atoms with van der Waals surface area (Å²) in [7, 11) is 0. The fourth-order valence-electron chi connectivity index (χ4n) is 1.54. The molecular formula is C13H28O. The van der Waals surface area contributed by atoms with Crippen LogP contribution in [-0.2, 0) is 0 Å². The molecule has 0 amide bonds. The highest BCUT2D eigenvalue weighted by atomic mass is 16.3. The average molecular weight is 200 g/mol. The van der Waals surface area contributed by atoms with Crippen LogP contribution in [0.2, 0.25) is 0 Å². The van der Waals surface area contributed by atoms with Crippen LogP contribution < -0.4 is 0 Å². The fourth-order valence-corrected chi connectivity index (χ4v) is 1.54. The van der Waals surface area contributed by atoms with Crippen LogP contribution in [-0.4, -0.2) is 11.7 Å². The van der Waals surface area contributed by atoms with Crippen LogP contribution in [0.4, 0.5) is 0 Å². The van der Waals surface area contributed by atoms with Crippen molar-refractivity contribution in [1.29, 1.82) is 0 Å². The van der Waals surface area contributed by atoms with Crippen LogP contribution in [0.1, 0.15) is 60.8 Å². The minimum atomic E-state index is 0.235. The Bertz CT molecular complexity index is 153. The standard InChI is InChI=1S/C13H28O/c1-7-13(5,6)9-8-11(10-14)12(2,3)4/h11,14H,7-10H2,1-6H3. The van der Waals surface area contributed by atoms with E-state index in [2.05, 4.69) is 41.5 Å². The van der Waals surface area contributed by atoms with Crippen molar-refractivity contribution in [1.82, 2.24) is 0 Å². The number of aliphatic hydroxyl groups excluding tert-OH is 1. The molecule has 0 aromatic carbocycles. The predicted molar refractivity (Wildman–Crippen MR) is 63.3 cm³/mol. The quantitative estimate of drug-likeness (QED) is 0.714. The lowest BCUT2D eigenvalue weighted by atomic mass is 9.74. The van der Waals surface area contributed by atoms with Crippen LogP contribution in [0, 0.1) is 16.7 Å². The van der Waals surface area contributed by atoms with Gasteiger partial charge < -0.3 is 5.11 Å². The topological polar surface area (TPSA) is 20.2 Å². The maximum atomic E-state index is 9.33. The molecule has 0 bridgehead atoms. The Morgan fingerprint density at radius 1 is 1.07 bits per heavy atom. The monoisotopic (exact) mass is 200 g/mol. The van der Waals surface area contributed by atoms with Gasteiger partial charge in [-0.25, -0.2) is 0 Å². The van der Waals surface area contributed by atoms with Gasteiger partial charge in [0.1, 0.15) is 0 Å². The molecule has 0 saturated carbocycles. The van der Waals surface area contributed by atoms with E-state index in [1.165, 1.54) is 12.8 Å². The molecule has 0 heterocycles. The molecule has 1 heteroatoms. The highest BCUT2D eigenvalue weighted by Crippen LogP contribution is 2.34. The largest absolute Gasteiger partial charge is 0.396 e. The van der Waals surface area contributed by atoms with Crippen molar-refractivity contribution >= 4 is 0 Å². The zero-order valence-electron chi connectivity index (χ0n) is 10.9. The molecule has 0 spiro atoms. The molecule has 14 heavy (non-hydrogen) atoms. The van der Waals surface area contributed by atoms with Crippen molar-refractivity contribution in [3.05, 3.63) is 0 Å². The highest BCUT2D eigenvalue weighted by Gasteiger charge is 2.26. The summed E-state index contributed by atoms with van der Waals surface area (Å²) in [4.78, 5) is 0. The first kappa shape index (κ1) is 14.0. The first-order chi connectivity index (χ1) is 6.23. The molecule has 0 rings (SSSR count). The van der Waals surface area contributed by atoms with Crippen molar-refractivity contribution in [3.8, 4) is 0 Å². The molecule has 0 aliphatic heterocycles. The SMILES string of the molecule is CCC(C)(C)CCC(CO)C(C)(C)C. The van der Waals surface area contributed by atoms with E-state index < -0.39 is 0 Å². The van der Waals surface area contributed by atoms with Gasteiger partial charge in [-0.3, -0.25) is 0 Å². The summed E-state index contributed by atoms with van der Waals surface area (Å²) in [5.41, 5.74) is 0.664. The second kappa shape index (κ2) is 5.16. The second-order valence-electron chi connectivity index (χ2n) is 6.30. The van der Waals surface area contributed by atoms with Gasteiger partial charge >= 0.3 is 0 Å². The van der Waals surface area contributed by atoms with E-state index in [1.54, 1.807) is 0 Å². The summed E-state index contributed by atoms with van der Waals surface area (Å²) in [5.74, 6) is 0.438. The van der Waals surface area contributed by atoms with Gasteiger partial charge in [0.15, 0.2) is 0 Å². The van der Waals surface area contributed by atoms with Crippen molar-refractivity contribution in [2.24, 2.45) is 16.7 Å². The lowest BCUT2D eigenvalue weighted by Gasteiger charge is -2.32. The molecule has 86 valence electrons. The van der Waals surface area contributed by atoms with Crippen molar-refractivity contribution < 1.29 is 5.11 Å². The third kappa shape index (κ3) is 4.99. The molecule has 1 atom stereocenters. The van der Waals surface area contributed by atoms with Gasteiger partial charge in [-0.1, -0.05) is 48.0 Å². The van der Waals surface area contributed by atoms with Crippen LogP contribution in [0.15, 0.2) is 0 Å². The Hall–Kier alpha value is -0.0400. The molecule has 1 unspecified atom stereocenters. The molecule has 0 aromatic rings. The summed E-state index contributed by atoms with van der Waals surface area (Å²) in [5, 5.41) is 9.33. The van der Waals surface area contributed by atoms with E-state index in [1.807, 2.05) is 0 Å². The molecule has 1 nitrogen and oxygen atoms in total. The van der Waals surface area contributed by atoms with E-state index in [0.717, 1.165) is 6.42 Å². The van der Waals surface area contributed by atoms with Crippen LogP contribution in [0.25, 0.3) is 0 Å². The maximum absolute atomic E-state index is 9.33. The first-order valence-electron chi connectivity index (χ1n) is 5.84. The first-order valence-corrected chi connectivity index (χ1v) is 5.84. The van der Waals surface area contributed by atoms with Crippen LogP contribution >= 0.6 is 0 Å². The Morgan fingerprint density at radius 3 is 1.86 bits per heavy atom. The van der Waals surface area contributed by atoms with Crippen molar-refractivity contribution in [3.63, 3.8) is 0 Å². The van der Waals surface area contributed by atoms with Gasteiger partial charge in [-0.2, -0.15) is 0 Å². The zero-order valence-corrected chi connectivity index (χ0v) is 10.9. The Morgan fingerprint density at radius 2 is 1.57 bits per heavy atom. The lowest BCUT2D eigenvalue weighted by molar-refractivity contribution is 0.108. The Kier molecular flexibility index (Phi) is 5.14. The molecule has 1 N–H and O–H groups in total. The van der Waals surface area contributed by atoms with E-state index in [4.69, 9.17) is 0 Å². The van der Waals surface area contributed by atoms with E-state index in [9.17, 15) is 5.11 Å². The summed E-state index contributed by atoms with van der Waals surface area (Å²) < 4.78 is 0. The smallest absolute Gasteiger partial charge is 0.0464 e. The number of rotatable bonds is 5. The molecule has 0 fully saturated rings. The van der Waals surface area contributed by atoms with E-state index in [0.29, 0.717) is 17.9 Å². The van der Waals surface area contributed by atoms with Gasteiger partial charge in [-0.05, 0) is 29.6 Å². The minimum Gasteiger partial charge on any atom is -0.396 e. The molecular weight excluding hydrogens is 172 g/mol. The average Bonchev–Trinajstić information content (AvgIpc) is 2.03. The molecule has 0 saturated heterocycles. The molecule has 0 aromatic heterocycles. The van der Waals surface area contributed by atoms with Crippen molar-refractivity contribution in [2.45, 2.75) is 60.8 Å². The van der Waals surface area contributed by atoms with Gasteiger partial charge in [0.25, 0.3) is 0 Å². The van der Waals surface area contributed by atoms with Crippen molar-refractivity contribution in [2.75, 3.05) is 6.61 Å². The highest BCUT2D eigenvalue weighted by molar-refractivity contribution is 4.76. The predicted octanol–water partition coefficient (Wildman–Crippen LogP) is 3.86. The number of hydrogen-bond donors (Lipinski definition) is 1. The third-order valence-corrected chi connectivity index (χ3v) is 3.57. The van der Waals surface area contributed by atoms with E-state index >= 15 is 0 Å². The van der Waals surface area contributed by atoms with Gasteiger partial charge in [0.2, 0.25) is 0 Å². The zero-order chi connectivity index (χ0) is 11.4. The Labute approximate surface area is 89.9 Å². The summed E-state index contributed by atoms with van der Waals surface area (Å²) in [6, 6.07) is 0. The molecule has 0 radical (unpaired) electrons. The molecule has 0 aliphatic rings. The van der Waals surface area contributed by atoms with Gasteiger partial charge in [0.05, 0.1) is 0 Å². The number of aliphatic hydroxyl groups is 1. The third-order valence-electron chi connectivity index (χ3n) is 3.57. The summed E-state index contributed by atoms with van der Waals surface area (Å²) >= 11 is 0. The van der Waals surface area contributed by atoms with Gasteiger partial charge in [0, 0.05) is 6.61 Å².